The summed E-state index contributed by atoms with van der Waals surface area (Å²) < 4.78 is 1.58. The molecule has 0 radical (unpaired) electrons. The average molecular weight is 230 g/mol. The van der Waals surface area contributed by atoms with Crippen molar-refractivity contribution in [1.82, 2.24) is 9.80 Å². The minimum Gasteiger partial charge on any atom is -0.269 e. The second-order valence-corrected chi connectivity index (χ2v) is 3.62. The fraction of sp³-hybridized carbons (Fsp3) is 0.500. The zero-order valence-electron chi connectivity index (χ0n) is 8.35. The van der Waals surface area contributed by atoms with Crippen molar-refractivity contribution in [3.63, 3.8) is 0 Å². The third kappa shape index (κ3) is 1.25. The van der Waals surface area contributed by atoms with Crippen LogP contribution in [0.15, 0.2) is 4.99 Å². The molecule has 0 aromatic carbocycles. The minimum absolute atomic E-state index is 0.166. The van der Waals surface area contributed by atoms with Gasteiger partial charge in [0.05, 0.1) is 0 Å². The van der Waals surface area contributed by atoms with Crippen LogP contribution in [0.4, 0.5) is 4.79 Å². The number of carbonyl (C=O) groups excluding carboxylic acids is 2. The highest BCUT2D eigenvalue weighted by Crippen LogP contribution is 2.16. The van der Waals surface area contributed by atoms with Crippen molar-refractivity contribution in [3.8, 4) is 0 Å². The van der Waals surface area contributed by atoms with Crippen molar-refractivity contribution in [2.75, 3.05) is 20.1 Å². The summed E-state index contributed by atoms with van der Waals surface area (Å²) in [7, 11) is 3.03. The molecule has 0 aromatic rings. The van der Waals surface area contributed by atoms with Gasteiger partial charge in [-0.3, -0.25) is 14.6 Å². The zero-order valence-corrected chi connectivity index (χ0v) is 9.10. The van der Waals surface area contributed by atoms with Crippen LogP contribution in [0.5, 0.6) is 0 Å². The summed E-state index contributed by atoms with van der Waals surface area (Å²) in [5.41, 5.74) is 0. The molecule has 0 spiro atoms. The van der Waals surface area contributed by atoms with Crippen LogP contribution in [-0.4, -0.2) is 64.6 Å². The number of likely N-dealkylation sites (N-methyl/N-ethyl adjacent to an activating group) is 2. The highest BCUT2D eigenvalue weighted by molar-refractivity contribution is 6.22. The number of alkyl halides is 1. The second kappa shape index (κ2) is 3.30. The standard InChI is InChI=1S/C8H10ClN4O2/c1-11-6-5(13(3-9)4-10-6)7(14)12(2)8(11)15/h4-5H,3H2,1-2H3/q+1. The number of amidine groups is 1. The number of aliphatic imine (C=N–C) groups is 1. The summed E-state index contributed by atoms with van der Waals surface area (Å²) in [6.45, 7) is 0. The summed E-state index contributed by atoms with van der Waals surface area (Å²) in [5, 5.41) is 0. The van der Waals surface area contributed by atoms with Crippen molar-refractivity contribution in [3.05, 3.63) is 0 Å². The lowest BCUT2D eigenvalue weighted by Gasteiger charge is -2.30. The van der Waals surface area contributed by atoms with Gasteiger partial charge in [0.1, 0.15) is 0 Å². The van der Waals surface area contributed by atoms with Crippen molar-refractivity contribution in [1.29, 1.82) is 0 Å². The Labute approximate surface area is 91.4 Å². The lowest BCUT2D eigenvalue weighted by Crippen LogP contribution is -2.61. The number of urea groups is 1. The van der Waals surface area contributed by atoms with E-state index in [2.05, 4.69) is 4.99 Å². The van der Waals surface area contributed by atoms with Crippen molar-refractivity contribution < 1.29 is 14.2 Å². The molecule has 2 heterocycles. The van der Waals surface area contributed by atoms with E-state index in [9.17, 15) is 9.59 Å². The van der Waals surface area contributed by atoms with E-state index in [0.29, 0.717) is 5.84 Å². The van der Waals surface area contributed by atoms with E-state index in [-0.39, 0.29) is 17.9 Å². The van der Waals surface area contributed by atoms with Gasteiger partial charge in [-0.05, 0) is 4.99 Å². The monoisotopic (exact) mass is 229 g/mol. The lowest BCUT2D eigenvalue weighted by atomic mass is 10.2. The van der Waals surface area contributed by atoms with Crippen LogP contribution in [0.3, 0.4) is 0 Å². The Bertz CT molecular complexity index is 403. The van der Waals surface area contributed by atoms with E-state index in [0.717, 1.165) is 4.90 Å². The van der Waals surface area contributed by atoms with Crippen LogP contribution in [0.1, 0.15) is 0 Å². The van der Waals surface area contributed by atoms with Crippen molar-refractivity contribution in [2.45, 2.75) is 6.04 Å². The molecule has 0 saturated carbocycles. The van der Waals surface area contributed by atoms with Crippen LogP contribution in [0.2, 0.25) is 0 Å². The molecule has 1 atom stereocenters. The number of carbonyl (C=O) groups is 2. The topological polar surface area (TPSA) is 56.0 Å². The predicted molar refractivity (Wildman–Crippen MR) is 54.2 cm³/mol. The molecular formula is C8H10ClN4O2+. The van der Waals surface area contributed by atoms with Gasteiger partial charge in [-0.15, -0.1) is 0 Å². The van der Waals surface area contributed by atoms with Crippen molar-refractivity contribution in [2.24, 2.45) is 4.99 Å². The third-order valence-corrected chi connectivity index (χ3v) is 2.81. The van der Waals surface area contributed by atoms with E-state index < -0.39 is 6.04 Å². The number of amides is 3. The largest absolute Gasteiger partial charge is 0.333 e. The molecule has 15 heavy (non-hydrogen) atoms. The fourth-order valence-electron chi connectivity index (χ4n) is 1.64. The van der Waals surface area contributed by atoms with Crippen LogP contribution in [-0.2, 0) is 4.79 Å². The first-order valence-corrected chi connectivity index (χ1v) is 4.89. The maximum Gasteiger partial charge on any atom is 0.333 e. The van der Waals surface area contributed by atoms with Gasteiger partial charge in [-0.1, -0.05) is 11.6 Å². The molecule has 2 rings (SSSR count). The number of imide groups is 1. The summed E-state index contributed by atoms with van der Waals surface area (Å²) in [4.78, 5) is 29.8. The minimum atomic E-state index is -0.560. The number of nitrogens with zero attached hydrogens (tertiary/aromatic N) is 4. The van der Waals surface area contributed by atoms with Crippen LogP contribution < -0.4 is 0 Å². The first-order chi connectivity index (χ1) is 7.07. The number of rotatable bonds is 1. The molecule has 0 aromatic heterocycles. The molecule has 7 heteroatoms. The van der Waals surface area contributed by atoms with Gasteiger partial charge in [-0.2, -0.15) is 0 Å². The first-order valence-electron chi connectivity index (χ1n) is 4.36. The molecule has 2 aliphatic heterocycles. The molecule has 1 unspecified atom stereocenters. The maximum atomic E-state index is 11.8. The second-order valence-electron chi connectivity index (χ2n) is 3.38. The molecular weight excluding hydrogens is 220 g/mol. The summed E-state index contributed by atoms with van der Waals surface area (Å²) in [5.74, 6) is 0.134. The van der Waals surface area contributed by atoms with Crippen molar-refractivity contribution >= 4 is 35.7 Å². The van der Waals surface area contributed by atoms with Gasteiger partial charge in [0.15, 0.2) is 6.00 Å². The smallest absolute Gasteiger partial charge is 0.269 e. The van der Waals surface area contributed by atoms with Gasteiger partial charge in [0.2, 0.25) is 0 Å². The van der Waals surface area contributed by atoms with Gasteiger partial charge in [0, 0.05) is 14.1 Å². The first kappa shape index (κ1) is 10.1. The van der Waals surface area contributed by atoms with Crippen LogP contribution >= 0.6 is 11.6 Å². The average Bonchev–Trinajstić information content (AvgIpc) is 2.67. The highest BCUT2D eigenvalue weighted by Gasteiger charge is 2.50. The Hall–Kier alpha value is -1.43. The quantitative estimate of drug-likeness (QED) is 0.347. The Morgan fingerprint density at radius 2 is 2.13 bits per heavy atom. The molecule has 80 valence electrons. The normalized spacial score (nSPS) is 25.4. The summed E-state index contributed by atoms with van der Waals surface area (Å²) in [6, 6.07) is -0.769. The molecule has 0 N–H and O–H groups in total. The number of halogens is 1. The highest BCUT2D eigenvalue weighted by atomic mass is 35.5. The lowest BCUT2D eigenvalue weighted by molar-refractivity contribution is -0.512. The van der Waals surface area contributed by atoms with Crippen LogP contribution in [0.25, 0.3) is 0 Å². The number of hydrogen-bond acceptors (Lipinski definition) is 3. The third-order valence-electron chi connectivity index (χ3n) is 2.53. The van der Waals surface area contributed by atoms with E-state index in [4.69, 9.17) is 11.6 Å². The summed E-state index contributed by atoms with van der Waals surface area (Å²) >= 11 is 5.67. The predicted octanol–water partition coefficient (Wildman–Crippen LogP) is -0.472. The molecule has 1 saturated heterocycles. The number of fused-ring (bicyclic) bond motifs is 1. The van der Waals surface area contributed by atoms with Gasteiger partial charge in [-0.25, -0.2) is 9.37 Å². The molecule has 6 nitrogen and oxygen atoms in total. The molecule has 2 aliphatic rings. The fourth-order valence-corrected chi connectivity index (χ4v) is 1.84. The molecule has 0 aliphatic carbocycles. The van der Waals surface area contributed by atoms with Gasteiger partial charge >= 0.3 is 6.03 Å². The Morgan fingerprint density at radius 3 is 2.73 bits per heavy atom. The Kier molecular flexibility index (Phi) is 2.22. The maximum absolute atomic E-state index is 11.8. The number of hydrogen-bond donors (Lipinski definition) is 0. The molecule has 1 fully saturated rings. The van der Waals surface area contributed by atoms with E-state index in [1.54, 1.807) is 11.6 Å². The van der Waals surface area contributed by atoms with E-state index in [1.165, 1.54) is 18.3 Å². The summed E-state index contributed by atoms with van der Waals surface area (Å²) in [6.07, 6.45) is 1.48. The molecule has 3 amide bonds. The molecule has 0 bridgehead atoms. The SMILES string of the molecule is CN1C(=O)C2C(=NC=[N+]2CCl)N(C)C1=O. The Balaban J connectivity index is 2.40. The van der Waals surface area contributed by atoms with Gasteiger partial charge in [0.25, 0.3) is 24.1 Å². The Morgan fingerprint density at radius 1 is 1.47 bits per heavy atom. The van der Waals surface area contributed by atoms with E-state index in [1.807, 2.05) is 0 Å². The van der Waals surface area contributed by atoms with E-state index >= 15 is 0 Å². The van der Waals surface area contributed by atoms with Gasteiger partial charge < -0.3 is 0 Å². The zero-order chi connectivity index (χ0) is 11.2. The van der Waals surface area contributed by atoms with Crippen LogP contribution in [0, 0.1) is 0 Å².